The largest absolute Gasteiger partial charge is 0.207 e. The first kappa shape index (κ1) is 10.7. The van der Waals surface area contributed by atoms with Crippen LogP contribution in [0.3, 0.4) is 0 Å². The van der Waals surface area contributed by atoms with Gasteiger partial charge in [-0.1, -0.05) is 11.6 Å². The average Bonchev–Trinajstić information content (AvgIpc) is 2.15. The van der Waals surface area contributed by atoms with Crippen LogP contribution in [0.4, 0.5) is 8.78 Å². The predicted molar refractivity (Wildman–Crippen MR) is 50.4 cm³/mol. The quantitative estimate of drug-likeness (QED) is 0.656. The molecule has 0 saturated carbocycles. The standard InChI is InChI=1S/C10H6ClF2N/c1-6(5-14)10(11)8-3-2-7(12)4-9(8)13/h2-4H,1H3/b10-6-. The van der Waals surface area contributed by atoms with Crippen molar-refractivity contribution in [2.24, 2.45) is 0 Å². The molecule has 0 atom stereocenters. The fraction of sp³-hybridized carbons (Fsp3) is 0.100. The predicted octanol–water partition coefficient (Wildman–Crippen LogP) is 3.46. The van der Waals surface area contributed by atoms with E-state index in [9.17, 15) is 8.78 Å². The fourth-order valence-corrected chi connectivity index (χ4v) is 1.11. The lowest BCUT2D eigenvalue weighted by Gasteiger charge is -2.01. The van der Waals surface area contributed by atoms with Gasteiger partial charge in [-0.3, -0.25) is 0 Å². The molecule has 14 heavy (non-hydrogen) atoms. The van der Waals surface area contributed by atoms with E-state index in [0.717, 1.165) is 12.1 Å². The first-order valence-corrected chi connectivity index (χ1v) is 4.16. The summed E-state index contributed by atoms with van der Waals surface area (Å²) < 4.78 is 25.7. The molecule has 0 aliphatic rings. The highest BCUT2D eigenvalue weighted by molar-refractivity contribution is 6.49. The Morgan fingerprint density at radius 3 is 2.57 bits per heavy atom. The number of benzene rings is 1. The van der Waals surface area contributed by atoms with Crippen LogP contribution in [0.1, 0.15) is 12.5 Å². The van der Waals surface area contributed by atoms with Gasteiger partial charge in [0.2, 0.25) is 0 Å². The molecular formula is C10H6ClF2N. The van der Waals surface area contributed by atoms with Gasteiger partial charge in [-0.05, 0) is 19.1 Å². The molecule has 0 aliphatic heterocycles. The average molecular weight is 214 g/mol. The molecule has 0 N–H and O–H groups in total. The van der Waals surface area contributed by atoms with Gasteiger partial charge >= 0.3 is 0 Å². The second-order valence-electron chi connectivity index (χ2n) is 2.67. The molecule has 0 spiro atoms. The minimum Gasteiger partial charge on any atom is -0.207 e. The minimum absolute atomic E-state index is 0.00463. The van der Waals surface area contributed by atoms with Crippen LogP contribution in [0, 0.1) is 23.0 Å². The zero-order chi connectivity index (χ0) is 10.7. The molecular weight excluding hydrogens is 208 g/mol. The molecule has 0 saturated heterocycles. The van der Waals surface area contributed by atoms with Crippen LogP contribution >= 0.6 is 11.6 Å². The number of nitriles is 1. The van der Waals surface area contributed by atoms with E-state index in [1.54, 1.807) is 6.07 Å². The van der Waals surface area contributed by atoms with Crippen molar-refractivity contribution in [2.75, 3.05) is 0 Å². The first-order valence-electron chi connectivity index (χ1n) is 3.78. The zero-order valence-corrected chi connectivity index (χ0v) is 8.07. The number of hydrogen-bond donors (Lipinski definition) is 0. The van der Waals surface area contributed by atoms with E-state index in [4.69, 9.17) is 16.9 Å². The summed E-state index contributed by atoms with van der Waals surface area (Å²) in [5, 5.41) is 8.53. The first-order chi connectivity index (χ1) is 6.56. The maximum Gasteiger partial charge on any atom is 0.134 e. The Balaban J connectivity index is 3.29. The lowest BCUT2D eigenvalue weighted by Crippen LogP contribution is -1.88. The lowest BCUT2D eigenvalue weighted by molar-refractivity contribution is 0.581. The molecule has 1 nitrogen and oxygen atoms in total. The molecule has 1 rings (SSSR count). The van der Waals surface area contributed by atoms with Crippen molar-refractivity contribution in [1.82, 2.24) is 0 Å². The third kappa shape index (κ3) is 2.09. The Kier molecular flexibility index (Phi) is 3.21. The summed E-state index contributed by atoms with van der Waals surface area (Å²) in [6.07, 6.45) is 0. The van der Waals surface area contributed by atoms with Crippen molar-refractivity contribution in [3.05, 3.63) is 41.0 Å². The van der Waals surface area contributed by atoms with Crippen molar-refractivity contribution in [1.29, 1.82) is 5.26 Å². The zero-order valence-electron chi connectivity index (χ0n) is 7.31. The van der Waals surface area contributed by atoms with Gasteiger partial charge in [-0.25, -0.2) is 8.78 Å². The summed E-state index contributed by atoms with van der Waals surface area (Å²) >= 11 is 5.71. The van der Waals surface area contributed by atoms with Crippen LogP contribution in [0.2, 0.25) is 0 Å². The van der Waals surface area contributed by atoms with Gasteiger partial charge in [0.1, 0.15) is 11.6 Å². The lowest BCUT2D eigenvalue weighted by atomic mass is 10.1. The van der Waals surface area contributed by atoms with Crippen LogP contribution in [-0.2, 0) is 0 Å². The maximum atomic E-state index is 13.1. The van der Waals surface area contributed by atoms with E-state index in [0.29, 0.717) is 0 Å². The van der Waals surface area contributed by atoms with Gasteiger partial charge in [0, 0.05) is 17.2 Å². The molecule has 72 valence electrons. The third-order valence-corrected chi connectivity index (χ3v) is 2.15. The summed E-state index contributed by atoms with van der Waals surface area (Å²) in [7, 11) is 0. The van der Waals surface area contributed by atoms with Crippen LogP contribution in [0.15, 0.2) is 23.8 Å². The van der Waals surface area contributed by atoms with Gasteiger partial charge < -0.3 is 0 Å². The van der Waals surface area contributed by atoms with Gasteiger partial charge in [-0.15, -0.1) is 0 Å². The molecule has 0 unspecified atom stereocenters. The molecule has 0 heterocycles. The van der Waals surface area contributed by atoms with E-state index in [1.165, 1.54) is 13.0 Å². The van der Waals surface area contributed by atoms with Crippen molar-refractivity contribution >= 4 is 16.6 Å². The van der Waals surface area contributed by atoms with E-state index < -0.39 is 11.6 Å². The van der Waals surface area contributed by atoms with Gasteiger partial charge in [-0.2, -0.15) is 5.26 Å². The Morgan fingerprint density at radius 2 is 2.07 bits per heavy atom. The minimum atomic E-state index is -0.774. The molecule has 0 fully saturated rings. The van der Waals surface area contributed by atoms with Gasteiger partial charge in [0.25, 0.3) is 0 Å². The van der Waals surface area contributed by atoms with Gasteiger partial charge in [0.05, 0.1) is 11.1 Å². The molecule has 1 aromatic carbocycles. The highest BCUT2D eigenvalue weighted by Gasteiger charge is 2.09. The second kappa shape index (κ2) is 4.21. The van der Waals surface area contributed by atoms with Crippen molar-refractivity contribution in [3.63, 3.8) is 0 Å². The number of rotatable bonds is 1. The van der Waals surface area contributed by atoms with Crippen molar-refractivity contribution in [3.8, 4) is 6.07 Å². The van der Waals surface area contributed by atoms with E-state index in [-0.39, 0.29) is 16.2 Å². The highest BCUT2D eigenvalue weighted by Crippen LogP contribution is 2.25. The molecule has 0 aromatic heterocycles. The third-order valence-electron chi connectivity index (χ3n) is 1.66. The summed E-state index contributed by atoms with van der Waals surface area (Å²) in [6, 6.07) is 4.81. The van der Waals surface area contributed by atoms with Crippen LogP contribution < -0.4 is 0 Å². The Bertz CT molecular complexity index is 432. The summed E-state index contributed by atoms with van der Waals surface area (Å²) in [4.78, 5) is 0. The Labute approximate surface area is 85.2 Å². The van der Waals surface area contributed by atoms with Crippen LogP contribution in [0.25, 0.3) is 5.03 Å². The van der Waals surface area contributed by atoms with E-state index in [2.05, 4.69) is 0 Å². The number of nitrogens with zero attached hydrogens (tertiary/aromatic N) is 1. The normalized spacial score (nSPS) is 11.9. The topological polar surface area (TPSA) is 23.8 Å². The number of allylic oxidation sites excluding steroid dienone is 1. The number of hydrogen-bond acceptors (Lipinski definition) is 1. The smallest absolute Gasteiger partial charge is 0.134 e. The second-order valence-corrected chi connectivity index (χ2v) is 3.05. The summed E-state index contributed by atoms with van der Waals surface area (Å²) in [5.74, 6) is -1.45. The number of halogens is 3. The fourth-order valence-electron chi connectivity index (χ4n) is 0.919. The molecule has 0 amide bonds. The van der Waals surface area contributed by atoms with Gasteiger partial charge in [0.15, 0.2) is 0 Å². The molecule has 1 aromatic rings. The van der Waals surface area contributed by atoms with Crippen molar-refractivity contribution < 1.29 is 8.78 Å². The molecule has 4 heteroatoms. The van der Waals surface area contributed by atoms with Crippen LogP contribution in [-0.4, -0.2) is 0 Å². The van der Waals surface area contributed by atoms with Crippen LogP contribution in [0.5, 0.6) is 0 Å². The molecule has 0 aliphatic carbocycles. The Morgan fingerprint density at radius 1 is 1.43 bits per heavy atom. The monoisotopic (exact) mass is 213 g/mol. The molecule has 0 radical (unpaired) electrons. The summed E-state index contributed by atoms with van der Waals surface area (Å²) in [5.41, 5.74) is 0.226. The highest BCUT2D eigenvalue weighted by atomic mass is 35.5. The van der Waals surface area contributed by atoms with Crippen molar-refractivity contribution in [2.45, 2.75) is 6.92 Å². The van der Waals surface area contributed by atoms with E-state index >= 15 is 0 Å². The summed E-state index contributed by atoms with van der Waals surface area (Å²) in [6.45, 7) is 1.46. The SMILES string of the molecule is C/C(C#N)=C(/Cl)c1ccc(F)cc1F. The Hall–Kier alpha value is -1.40. The molecule has 0 bridgehead atoms. The van der Waals surface area contributed by atoms with E-state index in [1.807, 2.05) is 0 Å². The maximum absolute atomic E-state index is 13.1.